The summed E-state index contributed by atoms with van der Waals surface area (Å²) in [5.74, 6) is 4.68. The zero-order valence-electron chi connectivity index (χ0n) is 31.6. The molecule has 0 spiro atoms. The molecule has 0 N–H and O–H groups in total. The van der Waals surface area contributed by atoms with Gasteiger partial charge in [0.2, 0.25) is 0 Å². The molecular weight excluding hydrogens is 625 g/mol. The van der Waals surface area contributed by atoms with Crippen molar-refractivity contribution in [2.45, 2.75) is 119 Å². The Bertz CT molecular complexity index is 1590. The molecule has 0 radical (unpaired) electrons. The third-order valence-corrected chi connectivity index (χ3v) is 10.6. The van der Waals surface area contributed by atoms with Crippen LogP contribution in [0.5, 0.6) is 5.75 Å². The van der Waals surface area contributed by atoms with E-state index >= 15 is 0 Å². The van der Waals surface area contributed by atoms with E-state index in [1.54, 1.807) is 0 Å². The number of nitrogens with zero attached hydrogens (tertiary/aromatic N) is 3. The Morgan fingerprint density at radius 3 is 1.65 bits per heavy atom. The van der Waals surface area contributed by atoms with Crippen molar-refractivity contribution in [3.05, 3.63) is 82.4 Å². The fourth-order valence-electron chi connectivity index (χ4n) is 6.93. The molecule has 3 aromatic carbocycles. The van der Waals surface area contributed by atoms with Crippen molar-refractivity contribution in [1.29, 1.82) is 0 Å². The second-order valence-corrected chi connectivity index (χ2v) is 16.0. The van der Waals surface area contributed by atoms with Crippen LogP contribution in [0.2, 0.25) is 0 Å². The van der Waals surface area contributed by atoms with Crippen LogP contribution < -0.4 is 19.6 Å². The summed E-state index contributed by atoms with van der Waals surface area (Å²) < 4.78 is 6.45. The molecule has 1 fully saturated rings. The molecule has 262 valence electrons. The van der Waals surface area contributed by atoms with Crippen LogP contribution in [0.15, 0.2) is 54.6 Å². The zero-order chi connectivity index (χ0) is 35.6. The van der Waals surface area contributed by atoms with Crippen LogP contribution >= 0.6 is 7.83 Å². The summed E-state index contributed by atoms with van der Waals surface area (Å²) in [4.78, 5) is 24.6. The van der Waals surface area contributed by atoms with E-state index in [9.17, 15) is 4.79 Å². The number of benzene rings is 3. The van der Waals surface area contributed by atoms with Crippen LogP contribution in [0, 0.1) is 5.92 Å². The maximum atomic E-state index is 13.4. The third kappa shape index (κ3) is 7.71. The number of anilines is 3. The van der Waals surface area contributed by atoms with Gasteiger partial charge in [0, 0.05) is 0 Å². The van der Waals surface area contributed by atoms with Gasteiger partial charge in [0.15, 0.2) is 0 Å². The van der Waals surface area contributed by atoms with Gasteiger partial charge in [-0.3, -0.25) is 0 Å². The van der Waals surface area contributed by atoms with Crippen molar-refractivity contribution in [3.63, 3.8) is 0 Å². The van der Waals surface area contributed by atoms with E-state index in [0.29, 0.717) is 48.0 Å². The van der Waals surface area contributed by atoms with Gasteiger partial charge in [-0.2, -0.15) is 0 Å². The van der Waals surface area contributed by atoms with Crippen molar-refractivity contribution < 1.29 is 14.4 Å². The topological polar surface area (TPSA) is 45.2 Å². The van der Waals surface area contributed by atoms with E-state index in [2.05, 4.69) is 127 Å². The number of rotatable bonds is 10. The van der Waals surface area contributed by atoms with Gasteiger partial charge in [0.1, 0.15) is 0 Å². The molecule has 0 aliphatic carbocycles. The van der Waals surface area contributed by atoms with Crippen LogP contribution in [0.3, 0.4) is 0 Å². The number of ether oxygens (including phenoxy) is 1. The summed E-state index contributed by atoms with van der Waals surface area (Å²) in [5.41, 5.74) is 11.1. The first-order chi connectivity index (χ1) is 23.3. The minimum atomic E-state index is -0.528. The van der Waals surface area contributed by atoms with Gasteiger partial charge >= 0.3 is 298 Å². The van der Waals surface area contributed by atoms with Crippen LogP contribution in [0.4, 0.5) is 17.1 Å². The van der Waals surface area contributed by atoms with Gasteiger partial charge in [0.25, 0.3) is 0 Å². The van der Waals surface area contributed by atoms with Crippen LogP contribution in [0.1, 0.15) is 140 Å². The molecule has 49 heavy (non-hydrogen) atoms. The molecular formula is C42H57N3O3P+. The van der Waals surface area contributed by atoms with Crippen LogP contribution in [-0.2, 0) is 9.63 Å². The minimum absolute atomic E-state index is 0.0479. The normalized spacial score (nSPS) is 16.4. The zero-order valence-corrected chi connectivity index (χ0v) is 32.5. The standard InChI is InChI=1S/C42H57N3O3P/c1-12-38-47-41-31(16-13-21-36(41)45(48-38)37(46)24-26(2)3)25-49-42-43(39-32(27(4)5)17-14-18-33(39)28(6)7)22-23-44(42)40-34(29(8)9)19-15-20-35(40)30(10)11/h13-21,25-30,38H,12,22-24H2,1-11H3/q+1. The second kappa shape index (κ2) is 15.7. The first-order valence-electron chi connectivity index (χ1n) is 18.3. The van der Waals surface area contributed by atoms with E-state index < -0.39 is 6.29 Å². The van der Waals surface area contributed by atoms with Gasteiger partial charge in [0.05, 0.1) is 0 Å². The summed E-state index contributed by atoms with van der Waals surface area (Å²) in [6.45, 7) is 26.4. The number of para-hydroxylation sites is 3. The molecule has 3 aromatic rings. The van der Waals surface area contributed by atoms with Crippen molar-refractivity contribution in [2.75, 3.05) is 28.0 Å². The molecule has 2 aliphatic rings. The Balaban J connectivity index is 1.77. The number of carbonyl (C=O) groups excluding carboxylic acids is 1. The van der Waals surface area contributed by atoms with E-state index in [0.717, 1.165) is 26.5 Å². The molecule has 1 saturated heterocycles. The average Bonchev–Trinajstić information content (AvgIpc) is 3.48. The first-order valence-corrected chi connectivity index (χ1v) is 19.3. The summed E-state index contributed by atoms with van der Waals surface area (Å²) in [6, 6.07) is 19.7. The average molecular weight is 683 g/mol. The number of carbonyl (C=O) groups is 1. The van der Waals surface area contributed by atoms with E-state index in [1.165, 1.54) is 44.2 Å². The summed E-state index contributed by atoms with van der Waals surface area (Å²) in [5, 5.41) is 1.48. The maximum absolute atomic E-state index is 13.4. The van der Waals surface area contributed by atoms with Gasteiger partial charge < -0.3 is 0 Å². The Morgan fingerprint density at radius 2 is 1.22 bits per heavy atom. The summed E-state index contributed by atoms with van der Waals surface area (Å²) >= 11 is 0. The molecule has 7 heteroatoms. The predicted octanol–water partition coefficient (Wildman–Crippen LogP) is 10.8. The van der Waals surface area contributed by atoms with Gasteiger partial charge in [-0.05, 0) is 0 Å². The summed E-state index contributed by atoms with van der Waals surface area (Å²) in [7, 11) is 1.05. The van der Waals surface area contributed by atoms with Crippen molar-refractivity contribution in [1.82, 2.24) is 0 Å². The fourth-order valence-corrected chi connectivity index (χ4v) is 8.06. The van der Waals surface area contributed by atoms with Crippen molar-refractivity contribution in [2.24, 2.45) is 5.92 Å². The van der Waals surface area contributed by atoms with E-state index in [4.69, 9.17) is 9.57 Å². The number of fused-ring (bicyclic) bond motifs is 1. The molecule has 1 amide bonds. The summed E-state index contributed by atoms with van der Waals surface area (Å²) in [6.07, 6.45) is 0.509. The molecule has 0 bridgehead atoms. The van der Waals surface area contributed by atoms with E-state index in [1.807, 2.05) is 19.1 Å². The molecule has 2 heterocycles. The molecule has 1 unspecified atom stereocenters. The molecule has 2 aliphatic heterocycles. The van der Waals surface area contributed by atoms with Gasteiger partial charge in [-0.15, -0.1) is 0 Å². The monoisotopic (exact) mass is 682 g/mol. The second-order valence-electron chi connectivity index (χ2n) is 15.1. The predicted molar refractivity (Wildman–Crippen MR) is 210 cm³/mol. The molecule has 0 aromatic heterocycles. The Morgan fingerprint density at radius 1 is 0.755 bits per heavy atom. The third-order valence-electron chi connectivity index (χ3n) is 9.43. The van der Waals surface area contributed by atoms with E-state index in [-0.39, 0.29) is 11.8 Å². The number of hydroxylamine groups is 1. The Labute approximate surface area is 296 Å². The van der Waals surface area contributed by atoms with Gasteiger partial charge in [-0.25, -0.2) is 0 Å². The van der Waals surface area contributed by atoms with Gasteiger partial charge in [-0.1, -0.05) is 0 Å². The fraction of sp³-hybridized carbons (Fsp3) is 0.500. The Hall–Kier alpha value is -3.34. The van der Waals surface area contributed by atoms with Crippen molar-refractivity contribution >= 4 is 42.1 Å². The Kier molecular flexibility index (Phi) is 11.8. The number of hydrogen-bond donors (Lipinski definition) is 0. The number of amides is 1. The molecule has 6 nitrogen and oxygen atoms in total. The SMILES string of the molecule is CCC1Oc2c(C=[P+]=C3N(c4c(C(C)C)cccc4C(C)C)CCN3c3c(C(C)C)cccc3C(C)C)cccc2N(C(=O)CC(C)C)O1. The molecule has 1 atom stereocenters. The molecule has 0 saturated carbocycles. The quantitative estimate of drug-likeness (QED) is 0.199. The van der Waals surface area contributed by atoms with Crippen molar-refractivity contribution in [3.8, 4) is 5.75 Å². The first kappa shape index (κ1) is 36.9. The number of hydrogen-bond acceptors (Lipinski definition) is 3. The van der Waals surface area contributed by atoms with Crippen LogP contribution in [-0.4, -0.2) is 36.6 Å². The van der Waals surface area contributed by atoms with Crippen LogP contribution in [0.25, 0.3) is 0 Å². The molecule has 5 rings (SSSR count).